The van der Waals surface area contributed by atoms with Gasteiger partial charge in [0.1, 0.15) is 11.5 Å². The van der Waals surface area contributed by atoms with Crippen molar-refractivity contribution in [2.45, 2.75) is 5.41 Å². The Morgan fingerprint density at radius 3 is 1.54 bits per heavy atom. The number of nitriles is 1. The number of ether oxygens (including phenoxy) is 1. The van der Waals surface area contributed by atoms with Gasteiger partial charge in [0.2, 0.25) is 0 Å². The quantitative estimate of drug-likeness (QED) is 0.187. The third-order valence-corrected chi connectivity index (χ3v) is 10.3. The van der Waals surface area contributed by atoms with Gasteiger partial charge in [-0.1, -0.05) is 146 Å². The SMILES string of the molecule is N#Cc1ccc(-c2ccc(-c3nc(-c4ccccc4)nc(-c4cccc5c4Oc4ccccc4C54c5ccccc5-c5ccccc54)n3)cc2)cc1. The Balaban J connectivity index is 1.18. The molecule has 5 heteroatoms. The number of aromatic nitrogens is 3. The summed E-state index contributed by atoms with van der Waals surface area (Å²) in [7, 11) is 0. The number of hydrogen-bond acceptors (Lipinski definition) is 5. The molecule has 1 aliphatic carbocycles. The Hall–Kier alpha value is -7.16. The molecule has 2 heterocycles. The number of hydrogen-bond donors (Lipinski definition) is 0. The first kappa shape index (κ1) is 29.7. The molecule has 10 rings (SSSR count). The van der Waals surface area contributed by atoms with E-state index in [0.717, 1.165) is 50.4 Å². The molecule has 5 nitrogen and oxygen atoms in total. The van der Waals surface area contributed by atoms with Crippen LogP contribution in [0.3, 0.4) is 0 Å². The Labute approximate surface area is 301 Å². The van der Waals surface area contributed by atoms with Gasteiger partial charge >= 0.3 is 0 Å². The standard InChI is InChI=1S/C47H28N4O/c48-29-30-21-23-31(24-22-30)32-25-27-34(28-26-32)45-49-44(33-11-2-1-3-12-33)50-46(51-45)37-15-10-19-41-43(37)52-42-20-9-8-18-40(42)47(41)38-16-6-4-13-35(38)36-14-5-7-17-39(36)47/h1-28H. The van der Waals surface area contributed by atoms with Gasteiger partial charge in [0.05, 0.1) is 22.6 Å². The molecule has 0 atom stereocenters. The first-order chi connectivity index (χ1) is 25.7. The van der Waals surface area contributed by atoms with Gasteiger partial charge in [-0.2, -0.15) is 5.26 Å². The third kappa shape index (κ3) is 4.45. The lowest BCUT2D eigenvalue weighted by Crippen LogP contribution is -2.32. The normalized spacial score (nSPS) is 12.9. The van der Waals surface area contributed by atoms with E-state index in [1.807, 2.05) is 72.8 Å². The Bertz CT molecular complexity index is 2670. The van der Waals surface area contributed by atoms with Crippen LogP contribution in [0.25, 0.3) is 56.4 Å². The van der Waals surface area contributed by atoms with Crippen molar-refractivity contribution in [1.29, 1.82) is 5.26 Å². The van der Waals surface area contributed by atoms with E-state index in [-0.39, 0.29) is 0 Å². The highest BCUT2D eigenvalue weighted by Crippen LogP contribution is 2.63. The van der Waals surface area contributed by atoms with Crippen LogP contribution >= 0.6 is 0 Å². The minimum Gasteiger partial charge on any atom is -0.456 e. The second-order valence-corrected chi connectivity index (χ2v) is 13.1. The maximum atomic E-state index is 9.23. The van der Waals surface area contributed by atoms with Crippen LogP contribution in [0.5, 0.6) is 11.5 Å². The second kappa shape index (κ2) is 11.7. The van der Waals surface area contributed by atoms with Crippen molar-refractivity contribution in [3.63, 3.8) is 0 Å². The minimum atomic E-state index is -0.591. The summed E-state index contributed by atoms with van der Waals surface area (Å²) in [6, 6.07) is 60.2. The zero-order valence-corrected chi connectivity index (χ0v) is 27.9. The lowest BCUT2D eigenvalue weighted by Gasteiger charge is -2.39. The Kier molecular flexibility index (Phi) is 6.70. The van der Waals surface area contributed by atoms with Crippen molar-refractivity contribution in [1.82, 2.24) is 15.0 Å². The third-order valence-electron chi connectivity index (χ3n) is 10.3. The molecule has 0 bridgehead atoms. The summed E-state index contributed by atoms with van der Waals surface area (Å²) in [6.07, 6.45) is 0. The van der Waals surface area contributed by atoms with Crippen LogP contribution in [0.4, 0.5) is 0 Å². The van der Waals surface area contributed by atoms with E-state index in [1.165, 1.54) is 22.3 Å². The van der Waals surface area contributed by atoms with Crippen molar-refractivity contribution in [2.24, 2.45) is 0 Å². The summed E-state index contributed by atoms with van der Waals surface area (Å²) in [4.78, 5) is 15.3. The molecule has 0 fully saturated rings. The molecule has 0 unspecified atom stereocenters. The van der Waals surface area contributed by atoms with E-state index in [2.05, 4.69) is 103 Å². The van der Waals surface area contributed by atoms with Crippen LogP contribution in [0.1, 0.15) is 27.8 Å². The summed E-state index contributed by atoms with van der Waals surface area (Å²) < 4.78 is 6.93. The van der Waals surface area contributed by atoms with Gasteiger partial charge in [-0.05, 0) is 57.6 Å². The van der Waals surface area contributed by atoms with E-state index in [4.69, 9.17) is 19.7 Å². The first-order valence-corrected chi connectivity index (χ1v) is 17.3. The van der Waals surface area contributed by atoms with Gasteiger partial charge in [-0.25, -0.2) is 15.0 Å². The maximum Gasteiger partial charge on any atom is 0.167 e. The Morgan fingerprint density at radius 2 is 0.885 bits per heavy atom. The minimum absolute atomic E-state index is 0.533. The highest BCUT2D eigenvalue weighted by Gasteiger charge is 2.51. The van der Waals surface area contributed by atoms with Gasteiger partial charge in [-0.3, -0.25) is 0 Å². The highest BCUT2D eigenvalue weighted by atomic mass is 16.5. The molecule has 0 N–H and O–H groups in total. The average molecular weight is 665 g/mol. The van der Waals surface area contributed by atoms with Crippen LogP contribution in [0.2, 0.25) is 0 Å². The van der Waals surface area contributed by atoms with Crippen LogP contribution < -0.4 is 4.74 Å². The van der Waals surface area contributed by atoms with Crippen LogP contribution in [-0.2, 0) is 5.41 Å². The zero-order valence-electron chi connectivity index (χ0n) is 27.9. The molecular weight excluding hydrogens is 637 g/mol. The summed E-state index contributed by atoms with van der Waals surface area (Å²) in [5, 5.41) is 9.23. The lowest BCUT2D eigenvalue weighted by atomic mass is 9.66. The highest BCUT2D eigenvalue weighted by molar-refractivity contribution is 5.90. The van der Waals surface area contributed by atoms with Crippen molar-refractivity contribution < 1.29 is 4.74 Å². The van der Waals surface area contributed by atoms with Crippen molar-refractivity contribution in [3.05, 3.63) is 198 Å². The van der Waals surface area contributed by atoms with E-state index in [9.17, 15) is 5.26 Å². The fraction of sp³-hybridized carbons (Fsp3) is 0.0213. The van der Waals surface area contributed by atoms with Crippen molar-refractivity contribution >= 4 is 0 Å². The predicted molar refractivity (Wildman–Crippen MR) is 204 cm³/mol. The zero-order chi connectivity index (χ0) is 34.6. The van der Waals surface area contributed by atoms with E-state index >= 15 is 0 Å². The maximum absolute atomic E-state index is 9.23. The number of para-hydroxylation sites is 2. The number of rotatable bonds is 4. The molecule has 0 saturated heterocycles. The second-order valence-electron chi connectivity index (χ2n) is 13.1. The van der Waals surface area contributed by atoms with E-state index < -0.39 is 5.41 Å². The van der Waals surface area contributed by atoms with Gasteiger partial charge in [-0.15, -0.1) is 0 Å². The summed E-state index contributed by atoms with van der Waals surface area (Å²) in [6.45, 7) is 0. The number of fused-ring (bicyclic) bond motifs is 9. The van der Waals surface area contributed by atoms with Gasteiger partial charge in [0, 0.05) is 22.3 Å². The summed E-state index contributed by atoms with van der Waals surface area (Å²) in [5.74, 6) is 3.23. The fourth-order valence-electron chi connectivity index (χ4n) is 7.95. The molecule has 1 spiro atoms. The molecular formula is C47H28N4O. The predicted octanol–water partition coefficient (Wildman–Crippen LogP) is 10.9. The summed E-state index contributed by atoms with van der Waals surface area (Å²) >= 11 is 0. The lowest BCUT2D eigenvalue weighted by molar-refractivity contribution is 0.437. The molecule has 0 amide bonds. The number of nitrogens with zero attached hydrogens (tertiary/aromatic N) is 4. The van der Waals surface area contributed by atoms with Crippen molar-refractivity contribution in [2.75, 3.05) is 0 Å². The molecule has 8 aromatic rings. The topological polar surface area (TPSA) is 71.7 Å². The Morgan fingerprint density at radius 1 is 0.404 bits per heavy atom. The largest absolute Gasteiger partial charge is 0.456 e. The molecule has 0 saturated carbocycles. The van der Waals surface area contributed by atoms with Crippen LogP contribution in [0.15, 0.2) is 170 Å². The van der Waals surface area contributed by atoms with Gasteiger partial charge < -0.3 is 4.74 Å². The van der Waals surface area contributed by atoms with Crippen LogP contribution in [0, 0.1) is 11.3 Å². The van der Waals surface area contributed by atoms with Crippen molar-refractivity contribution in [3.8, 4) is 74.0 Å². The molecule has 7 aromatic carbocycles. The molecule has 242 valence electrons. The summed E-state index contributed by atoms with van der Waals surface area (Å²) in [5.41, 5.74) is 11.7. The monoisotopic (exact) mass is 664 g/mol. The molecule has 0 radical (unpaired) electrons. The van der Waals surface area contributed by atoms with E-state index in [1.54, 1.807) is 0 Å². The molecule has 1 aliphatic heterocycles. The average Bonchev–Trinajstić information content (AvgIpc) is 3.51. The molecule has 1 aromatic heterocycles. The number of benzene rings is 7. The molecule has 2 aliphatic rings. The van der Waals surface area contributed by atoms with E-state index in [0.29, 0.717) is 23.0 Å². The van der Waals surface area contributed by atoms with Gasteiger partial charge in [0.25, 0.3) is 0 Å². The smallest absolute Gasteiger partial charge is 0.167 e. The fourth-order valence-corrected chi connectivity index (χ4v) is 7.95. The van der Waals surface area contributed by atoms with Crippen LogP contribution in [-0.4, -0.2) is 15.0 Å². The first-order valence-electron chi connectivity index (χ1n) is 17.3. The molecule has 52 heavy (non-hydrogen) atoms. The van der Waals surface area contributed by atoms with Gasteiger partial charge in [0.15, 0.2) is 17.5 Å².